The summed E-state index contributed by atoms with van der Waals surface area (Å²) in [5.74, 6) is -58.4. The van der Waals surface area contributed by atoms with Crippen molar-refractivity contribution in [2.75, 3.05) is 21.3 Å². The van der Waals surface area contributed by atoms with E-state index in [9.17, 15) is 79.0 Å². The molecular formula is C13H12F18O3Si. The second-order valence-corrected chi connectivity index (χ2v) is 9.53. The summed E-state index contributed by atoms with van der Waals surface area (Å²) in [5.41, 5.74) is 0. The Balaban J connectivity index is 6.74. The monoisotopic (exact) mass is 586 g/mol. The molecule has 35 heavy (non-hydrogen) atoms. The standard InChI is InChI=1S/C13H12F18O3Si/c1-32-35(33-2,34-3)4-5(14)6(15,16)7(17,18)8(19,20)9(21,22)10(23,24)11(25,26)12(27,28)13(29,30)31/h5H,4H2,1-3H3/t5-/m0/s1. The molecule has 0 fully saturated rings. The molecule has 0 N–H and O–H groups in total. The van der Waals surface area contributed by atoms with Gasteiger partial charge in [0.05, 0.1) is 6.04 Å². The van der Waals surface area contributed by atoms with Crippen LogP contribution in [-0.2, 0) is 13.3 Å². The zero-order chi connectivity index (χ0) is 28.9. The van der Waals surface area contributed by atoms with Gasteiger partial charge in [-0.05, 0) is 0 Å². The van der Waals surface area contributed by atoms with Gasteiger partial charge in [0, 0.05) is 21.3 Å². The van der Waals surface area contributed by atoms with Crippen LogP contribution in [0.5, 0.6) is 0 Å². The second-order valence-electron chi connectivity index (χ2n) is 6.53. The second kappa shape index (κ2) is 9.30. The molecule has 0 radical (unpaired) electrons. The van der Waals surface area contributed by atoms with Gasteiger partial charge in [0.25, 0.3) is 0 Å². The lowest BCUT2D eigenvalue weighted by atomic mass is 9.88. The molecule has 0 amide bonds. The maximum atomic E-state index is 13.9. The van der Waals surface area contributed by atoms with Crippen LogP contribution in [0.2, 0.25) is 6.04 Å². The van der Waals surface area contributed by atoms with Crippen molar-refractivity contribution >= 4 is 8.80 Å². The molecule has 0 aromatic heterocycles. The summed E-state index contributed by atoms with van der Waals surface area (Å²) in [5, 5.41) is 0. The van der Waals surface area contributed by atoms with Gasteiger partial charge < -0.3 is 13.3 Å². The first-order chi connectivity index (χ1) is 15.1. The molecule has 0 aromatic carbocycles. The first kappa shape index (κ1) is 33.8. The van der Waals surface area contributed by atoms with Gasteiger partial charge in [-0.1, -0.05) is 0 Å². The number of hydrogen-bond acceptors (Lipinski definition) is 3. The molecule has 0 bridgehead atoms. The minimum absolute atomic E-state index is 0.508. The van der Waals surface area contributed by atoms with Gasteiger partial charge in [0.2, 0.25) is 0 Å². The van der Waals surface area contributed by atoms with E-state index in [1.165, 1.54) is 0 Å². The zero-order valence-electron chi connectivity index (χ0n) is 16.8. The van der Waals surface area contributed by atoms with E-state index in [0.717, 1.165) is 0 Å². The van der Waals surface area contributed by atoms with Crippen LogP contribution >= 0.6 is 0 Å². The van der Waals surface area contributed by atoms with E-state index in [1.807, 2.05) is 0 Å². The molecular weight excluding hydrogens is 574 g/mol. The molecule has 0 aliphatic rings. The van der Waals surface area contributed by atoms with Crippen LogP contribution in [0.3, 0.4) is 0 Å². The minimum Gasteiger partial charge on any atom is -0.377 e. The average Bonchev–Trinajstić information content (AvgIpc) is 2.70. The zero-order valence-corrected chi connectivity index (χ0v) is 17.8. The van der Waals surface area contributed by atoms with Crippen LogP contribution in [-0.4, -0.2) is 83.9 Å². The van der Waals surface area contributed by atoms with E-state index < -0.39 is 68.7 Å². The number of rotatable bonds is 12. The van der Waals surface area contributed by atoms with Crippen molar-refractivity contribution in [3.8, 4) is 0 Å². The topological polar surface area (TPSA) is 27.7 Å². The smallest absolute Gasteiger partial charge is 0.377 e. The molecule has 0 spiro atoms. The molecule has 0 aliphatic heterocycles. The third-order valence-electron chi connectivity index (χ3n) is 4.50. The maximum Gasteiger partial charge on any atom is 0.503 e. The summed E-state index contributed by atoms with van der Waals surface area (Å²) in [6.45, 7) is 0. The Morgan fingerprint density at radius 2 is 0.743 bits per heavy atom. The predicted octanol–water partition coefficient (Wildman–Crippen LogP) is 6.21. The molecule has 0 heterocycles. The predicted molar refractivity (Wildman–Crippen MR) is 77.2 cm³/mol. The lowest BCUT2D eigenvalue weighted by Gasteiger charge is -2.43. The Morgan fingerprint density at radius 3 is 1.00 bits per heavy atom. The van der Waals surface area contributed by atoms with Crippen LogP contribution in [0.4, 0.5) is 79.0 Å². The SMILES string of the molecule is CO[Si](C[C@H](F)C(F)(F)C(F)(F)C(F)(F)C(F)(F)C(F)(F)C(F)(F)C(F)(F)C(F)(F)F)(OC)OC. The molecule has 1 atom stereocenters. The maximum absolute atomic E-state index is 13.9. The van der Waals surface area contributed by atoms with Gasteiger partial charge in [-0.15, -0.1) is 0 Å². The van der Waals surface area contributed by atoms with Gasteiger partial charge in [-0.3, -0.25) is 0 Å². The van der Waals surface area contributed by atoms with E-state index in [4.69, 9.17) is 0 Å². The molecule has 0 rings (SSSR count). The van der Waals surface area contributed by atoms with Gasteiger partial charge in [0.1, 0.15) is 0 Å². The van der Waals surface area contributed by atoms with Crippen molar-refractivity contribution in [2.45, 2.75) is 59.8 Å². The van der Waals surface area contributed by atoms with Gasteiger partial charge >= 0.3 is 56.4 Å². The number of halogens is 18. The highest BCUT2D eigenvalue weighted by atomic mass is 28.4. The van der Waals surface area contributed by atoms with Crippen molar-refractivity contribution in [3.63, 3.8) is 0 Å². The molecule has 0 aliphatic carbocycles. The molecule has 22 heteroatoms. The first-order valence-corrected chi connectivity index (χ1v) is 10.0. The summed E-state index contributed by atoms with van der Waals surface area (Å²) in [4.78, 5) is 0. The Morgan fingerprint density at radius 1 is 0.486 bits per heavy atom. The lowest BCUT2D eigenvalue weighted by Crippen LogP contribution is -2.75. The van der Waals surface area contributed by atoms with Crippen molar-refractivity contribution in [1.82, 2.24) is 0 Å². The summed E-state index contributed by atoms with van der Waals surface area (Å²) >= 11 is 0. The molecule has 0 aromatic rings. The molecule has 0 unspecified atom stereocenters. The van der Waals surface area contributed by atoms with Gasteiger partial charge in [0.15, 0.2) is 6.17 Å². The third-order valence-corrected chi connectivity index (χ3v) is 7.23. The highest BCUT2D eigenvalue weighted by Gasteiger charge is 2.95. The third kappa shape index (κ3) is 4.66. The Hall–Kier alpha value is -1.16. The van der Waals surface area contributed by atoms with Crippen molar-refractivity contribution in [1.29, 1.82) is 0 Å². The number of alkyl halides is 18. The fourth-order valence-corrected chi connectivity index (χ4v) is 3.92. The summed E-state index contributed by atoms with van der Waals surface area (Å²) in [7, 11) is -3.27. The summed E-state index contributed by atoms with van der Waals surface area (Å²) in [6.07, 6.45) is -12.7. The normalized spacial score (nSPS) is 17.1. The summed E-state index contributed by atoms with van der Waals surface area (Å²) < 4.78 is 251. The molecule has 3 nitrogen and oxygen atoms in total. The van der Waals surface area contributed by atoms with E-state index in [2.05, 4.69) is 13.3 Å². The quantitative estimate of drug-likeness (QED) is 0.201. The van der Waals surface area contributed by atoms with Crippen LogP contribution in [0.25, 0.3) is 0 Å². The lowest BCUT2D eigenvalue weighted by molar-refractivity contribution is -0.463. The largest absolute Gasteiger partial charge is 0.503 e. The van der Waals surface area contributed by atoms with E-state index in [0.29, 0.717) is 21.3 Å². The highest BCUT2D eigenvalue weighted by molar-refractivity contribution is 6.60. The van der Waals surface area contributed by atoms with Gasteiger partial charge in [-0.25, -0.2) is 4.39 Å². The van der Waals surface area contributed by atoms with Gasteiger partial charge in [-0.2, -0.15) is 74.6 Å². The fraction of sp³-hybridized carbons (Fsp3) is 1.00. The Bertz CT molecular complexity index is 723. The van der Waals surface area contributed by atoms with Crippen molar-refractivity contribution in [3.05, 3.63) is 0 Å². The number of hydrogen-bond donors (Lipinski definition) is 0. The van der Waals surface area contributed by atoms with Crippen molar-refractivity contribution in [2.24, 2.45) is 0 Å². The van der Waals surface area contributed by atoms with E-state index in [1.54, 1.807) is 0 Å². The van der Waals surface area contributed by atoms with Crippen LogP contribution in [0, 0.1) is 0 Å². The van der Waals surface area contributed by atoms with E-state index >= 15 is 0 Å². The van der Waals surface area contributed by atoms with Crippen molar-refractivity contribution < 1.29 is 92.3 Å². The fourth-order valence-electron chi connectivity index (χ4n) is 2.22. The van der Waals surface area contributed by atoms with Crippen LogP contribution in [0.15, 0.2) is 0 Å². The summed E-state index contributed by atoms with van der Waals surface area (Å²) in [6, 6.07) is -2.28. The van der Waals surface area contributed by atoms with E-state index in [-0.39, 0.29) is 0 Å². The van der Waals surface area contributed by atoms with Crippen LogP contribution in [0.1, 0.15) is 0 Å². The average molecular weight is 586 g/mol. The molecule has 212 valence electrons. The first-order valence-electron chi connectivity index (χ1n) is 8.07. The molecule has 0 saturated carbocycles. The minimum atomic E-state index is -8.78. The Kier molecular flexibility index (Phi) is 8.99. The Labute approximate surface area is 183 Å². The van der Waals surface area contributed by atoms with Crippen LogP contribution < -0.4 is 0 Å². The highest BCUT2D eigenvalue weighted by Crippen LogP contribution is 2.64. The molecule has 0 saturated heterocycles.